The van der Waals surface area contributed by atoms with Gasteiger partial charge < -0.3 is 9.88 Å². The summed E-state index contributed by atoms with van der Waals surface area (Å²) in [6, 6.07) is 12.2. The van der Waals surface area contributed by atoms with Gasteiger partial charge >= 0.3 is 6.18 Å². The van der Waals surface area contributed by atoms with Gasteiger partial charge in [-0.05, 0) is 29.3 Å². The van der Waals surface area contributed by atoms with E-state index in [9.17, 15) is 22.8 Å². The van der Waals surface area contributed by atoms with Gasteiger partial charge in [0.05, 0.1) is 5.56 Å². The van der Waals surface area contributed by atoms with Gasteiger partial charge in [-0.2, -0.15) is 13.2 Å². The molecule has 28 heavy (non-hydrogen) atoms. The zero-order valence-corrected chi connectivity index (χ0v) is 15.3. The zero-order chi connectivity index (χ0) is 19.9. The van der Waals surface area contributed by atoms with Gasteiger partial charge in [-0.25, -0.2) is 0 Å². The zero-order valence-electron chi connectivity index (χ0n) is 14.5. The second-order valence-corrected chi connectivity index (χ2v) is 7.58. The molecule has 0 aliphatic carbocycles. The van der Waals surface area contributed by atoms with Crippen LogP contribution < -0.4 is 5.32 Å². The highest BCUT2D eigenvalue weighted by Crippen LogP contribution is 2.31. The van der Waals surface area contributed by atoms with Crippen molar-refractivity contribution in [3.63, 3.8) is 0 Å². The van der Waals surface area contributed by atoms with Crippen LogP contribution in [-0.4, -0.2) is 21.0 Å². The van der Waals surface area contributed by atoms with Gasteiger partial charge in [0.25, 0.3) is 5.24 Å². The van der Waals surface area contributed by atoms with Crippen molar-refractivity contribution in [3.05, 3.63) is 71.4 Å². The molecule has 4 rings (SSSR count). The molecular weight excluding hydrogens is 389 g/mol. The van der Waals surface area contributed by atoms with E-state index < -0.39 is 17.8 Å². The number of rotatable bonds is 4. The fourth-order valence-corrected chi connectivity index (χ4v) is 4.07. The van der Waals surface area contributed by atoms with Gasteiger partial charge in [0.15, 0.2) is 0 Å². The Labute approximate surface area is 162 Å². The molecule has 1 N–H and O–H groups in total. The average Bonchev–Trinajstić information content (AvgIpc) is 3.15. The number of alkyl halides is 3. The summed E-state index contributed by atoms with van der Waals surface area (Å²) in [6.07, 6.45) is -2.21. The summed E-state index contributed by atoms with van der Waals surface area (Å²) in [5.41, 5.74) is 1.57. The van der Waals surface area contributed by atoms with Crippen LogP contribution in [0.25, 0.3) is 10.9 Å². The van der Waals surface area contributed by atoms with Crippen molar-refractivity contribution >= 4 is 33.0 Å². The minimum atomic E-state index is -4.39. The van der Waals surface area contributed by atoms with Gasteiger partial charge in [0.1, 0.15) is 6.04 Å². The molecule has 144 valence electrons. The first-order chi connectivity index (χ1) is 13.3. The molecule has 1 aliphatic rings. The number of amides is 1. The van der Waals surface area contributed by atoms with Gasteiger partial charge in [-0.3, -0.25) is 9.59 Å². The summed E-state index contributed by atoms with van der Waals surface area (Å²) in [4.78, 5) is 23.3. The maximum Gasteiger partial charge on any atom is 0.416 e. The first-order valence-corrected chi connectivity index (χ1v) is 9.38. The Morgan fingerprint density at radius 1 is 1.07 bits per heavy atom. The lowest BCUT2D eigenvalue weighted by molar-refractivity contribution is -0.137. The minimum absolute atomic E-state index is 0.222. The van der Waals surface area contributed by atoms with Crippen molar-refractivity contribution in [2.75, 3.05) is 0 Å². The van der Waals surface area contributed by atoms with E-state index in [2.05, 4.69) is 5.32 Å². The first-order valence-electron chi connectivity index (χ1n) is 8.56. The Balaban J connectivity index is 1.67. The summed E-state index contributed by atoms with van der Waals surface area (Å²) in [7, 11) is 0. The molecule has 1 atom stereocenters. The largest absolute Gasteiger partial charge is 0.416 e. The van der Waals surface area contributed by atoms with Crippen LogP contribution in [0, 0.1) is 0 Å². The molecular formula is C20H15F3N2O2S. The molecule has 1 saturated heterocycles. The highest BCUT2D eigenvalue weighted by atomic mass is 32.2. The molecule has 1 unspecified atom stereocenters. The van der Waals surface area contributed by atoms with E-state index in [0.29, 0.717) is 23.7 Å². The van der Waals surface area contributed by atoms with Crippen LogP contribution in [0.5, 0.6) is 0 Å². The Morgan fingerprint density at radius 2 is 1.86 bits per heavy atom. The number of nitrogens with one attached hydrogen (secondary N) is 1. The van der Waals surface area contributed by atoms with Crippen molar-refractivity contribution < 1.29 is 22.8 Å². The second kappa shape index (κ2) is 7.01. The van der Waals surface area contributed by atoms with Crippen molar-refractivity contribution in [2.45, 2.75) is 25.2 Å². The van der Waals surface area contributed by atoms with E-state index >= 15 is 0 Å². The summed E-state index contributed by atoms with van der Waals surface area (Å²) >= 11 is 0.664. The second-order valence-electron chi connectivity index (χ2n) is 6.61. The summed E-state index contributed by atoms with van der Waals surface area (Å²) in [5.74, 6) is 0. The molecule has 0 radical (unpaired) electrons. The van der Waals surface area contributed by atoms with Crippen LogP contribution in [-0.2, 0) is 23.9 Å². The van der Waals surface area contributed by atoms with E-state index in [1.165, 1.54) is 6.07 Å². The number of carbonyl (C=O) groups excluding carboxylic acids is 2. The van der Waals surface area contributed by atoms with E-state index in [0.717, 1.165) is 28.6 Å². The number of thioether (sulfide) groups is 1. The molecule has 0 bridgehead atoms. The van der Waals surface area contributed by atoms with E-state index in [1.54, 1.807) is 6.07 Å². The Bertz CT molecular complexity index is 1070. The SMILES string of the molecule is O=C1NC(Cc2cn(Cc3cccc(C(F)(F)F)c3)c3ccccc23)C(=O)S1. The van der Waals surface area contributed by atoms with Gasteiger partial charge in [0.2, 0.25) is 5.12 Å². The van der Waals surface area contributed by atoms with Crippen molar-refractivity contribution in [1.29, 1.82) is 0 Å². The highest BCUT2D eigenvalue weighted by molar-refractivity contribution is 8.26. The van der Waals surface area contributed by atoms with Gasteiger partial charge in [-0.1, -0.05) is 30.3 Å². The number of halogens is 3. The third-order valence-electron chi connectivity index (χ3n) is 4.67. The van der Waals surface area contributed by atoms with E-state index in [4.69, 9.17) is 0 Å². The lowest BCUT2D eigenvalue weighted by Gasteiger charge is -2.10. The molecule has 1 aliphatic heterocycles. The normalized spacial score (nSPS) is 17.3. The molecule has 1 fully saturated rings. The van der Waals surface area contributed by atoms with E-state index in [1.807, 2.05) is 35.0 Å². The van der Waals surface area contributed by atoms with Crippen molar-refractivity contribution in [2.24, 2.45) is 0 Å². The number of aromatic nitrogens is 1. The fraction of sp³-hybridized carbons (Fsp3) is 0.200. The van der Waals surface area contributed by atoms with E-state index in [-0.39, 0.29) is 16.9 Å². The number of carbonyl (C=O) groups is 2. The molecule has 1 aromatic heterocycles. The summed E-state index contributed by atoms with van der Waals surface area (Å²) < 4.78 is 40.8. The maximum absolute atomic E-state index is 13.0. The maximum atomic E-state index is 13.0. The minimum Gasteiger partial charge on any atom is -0.343 e. The monoisotopic (exact) mass is 404 g/mol. The van der Waals surface area contributed by atoms with Gasteiger partial charge in [-0.15, -0.1) is 0 Å². The molecule has 0 spiro atoms. The van der Waals surface area contributed by atoms with Crippen molar-refractivity contribution in [1.82, 2.24) is 9.88 Å². The number of benzene rings is 2. The lowest BCUT2D eigenvalue weighted by Crippen LogP contribution is -2.30. The Hall–Kier alpha value is -2.74. The van der Waals surface area contributed by atoms with Crippen molar-refractivity contribution in [3.8, 4) is 0 Å². The van der Waals surface area contributed by atoms with Crippen LogP contribution in [0.15, 0.2) is 54.7 Å². The number of hydrogen-bond acceptors (Lipinski definition) is 3. The number of fused-ring (bicyclic) bond motifs is 1. The predicted octanol–water partition coefficient (Wildman–Crippen LogP) is 4.60. The van der Waals surface area contributed by atoms with Crippen LogP contribution >= 0.6 is 11.8 Å². The third-order valence-corrected chi connectivity index (χ3v) is 5.46. The van der Waals surface area contributed by atoms with Crippen LogP contribution in [0.3, 0.4) is 0 Å². The smallest absolute Gasteiger partial charge is 0.343 e. The number of nitrogens with zero attached hydrogens (tertiary/aromatic N) is 1. The number of hydrogen-bond donors (Lipinski definition) is 1. The molecule has 4 nitrogen and oxygen atoms in total. The Kier molecular flexibility index (Phi) is 4.66. The lowest BCUT2D eigenvalue weighted by atomic mass is 10.1. The molecule has 8 heteroatoms. The van der Waals surface area contributed by atoms with Crippen LogP contribution in [0.4, 0.5) is 18.0 Å². The molecule has 0 saturated carbocycles. The molecule has 1 amide bonds. The summed E-state index contributed by atoms with van der Waals surface area (Å²) in [6.45, 7) is 0.268. The Morgan fingerprint density at radius 3 is 2.57 bits per heavy atom. The van der Waals surface area contributed by atoms with Crippen LogP contribution in [0.1, 0.15) is 16.7 Å². The predicted molar refractivity (Wildman–Crippen MR) is 101 cm³/mol. The topological polar surface area (TPSA) is 51.1 Å². The quantitative estimate of drug-likeness (QED) is 0.691. The molecule has 2 aromatic carbocycles. The van der Waals surface area contributed by atoms with Gasteiger partial charge in [0, 0.05) is 41.8 Å². The summed E-state index contributed by atoms with van der Waals surface area (Å²) in [5, 5.41) is 2.97. The fourth-order valence-electron chi connectivity index (χ4n) is 3.41. The highest BCUT2D eigenvalue weighted by Gasteiger charge is 2.32. The third kappa shape index (κ3) is 3.64. The molecule has 2 heterocycles. The standard InChI is InChI=1S/C20H15F3N2O2S/c21-20(22,23)14-5-3-4-12(8-14)10-25-11-13(15-6-1-2-7-17(15)25)9-16-18(26)28-19(27)24-16/h1-8,11,16H,9-10H2,(H,24,27). The average molecular weight is 404 g/mol. The molecule has 3 aromatic rings. The van der Waals surface area contributed by atoms with Crippen LogP contribution in [0.2, 0.25) is 0 Å². The number of para-hydroxylation sites is 1. The first kappa shape index (κ1) is 18.6.